The Morgan fingerprint density at radius 1 is 1.83 bits per heavy atom. The summed E-state index contributed by atoms with van der Waals surface area (Å²) in [6.07, 6.45) is 5.03. The van der Waals surface area contributed by atoms with E-state index in [4.69, 9.17) is 4.74 Å². The van der Waals surface area contributed by atoms with E-state index in [9.17, 15) is 0 Å². The van der Waals surface area contributed by atoms with Crippen molar-refractivity contribution in [2.75, 3.05) is 13.7 Å². The molecule has 1 fully saturated rings. The number of nitrogens with zero attached hydrogens (tertiary/aromatic N) is 2. The molecule has 2 rings (SSSR count). The van der Waals surface area contributed by atoms with E-state index >= 15 is 0 Å². The van der Waals surface area contributed by atoms with Crippen molar-refractivity contribution in [3.63, 3.8) is 0 Å². The van der Waals surface area contributed by atoms with Gasteiger partial charge in [0.2, 0.25) is 0 Å². The quantitative estimate of drug-likeness (QED) is 0.793. The van der Waals surface area contributed by atoms with Gasteiger partial charge in [-0.2, -0.15) is 5.10 Å². The van der Waals surface area contributed by atoms with E-state index in [0.717, 1.165) is 11.1 Å². The van der Waals surface area contributed by atoms with Crippen LogP contribution in [0.3, 0.4) is 0 Å². The molecule has 1 heterocycles. The fraction of sp³-hybridized carbons (Fsp3) is 0.625. The molecule has 0 aliphatic heterocycles. The molecular formula is C8H11BrN2O. The van der Waals surface area contributed by atoms with Gasteiger partial charge in [0.15, 0.2) is 0 Å². The van der Waals surface area contributed by atoms with Crippen LogP contribution in [0.5, 0.6) is 0 Å². The fourth-order valence-corrected chi connectivity index (χ4v) is 1.75. The third-order valence-corrected chi connectivity index (χ3v) is 2.59. The van der Waals surface area contributed by atoms with Gasteiger partial charge in [-0.1, -0.05) is 0 Å². The third-order valence-electron chi connectivity index (χ3n) is 2.18. The minimum absolute atomic E-state index is 0.566. The highest BCUT2D eigenvalue weighted by molar-refractivity contribution is 9.10. The molecule has 0 aromatic carbocycles. The van der Waals surface area contributed by atoms with Crippen LogP contribution >= 0.6 is 15.9 Å². The van der Waals surface area contributed by atoms with Gasteiger partial charge in [0.25, 0.3) is 0 Å². The van der Waals surface area contributed by atoms with E-state index in [1.54, 1.807) is 7.11 Å². The summed E-state index contributed by atoms with van der Waals surface area (Å²) < 4.78 is 8.13. The number of aromatic nitrogens is 2. The van der Waals surface area contributed by atoms with Gasteiger partial charge < -0.3 is 4.74 Å². The Balaban J connectivity index is 1.96. The van der Waals surface area contributed by atoms with Gasteiger partial charge in [-0.25, -0.2) is 0 Å². The highest BCUT2D eigenvalue weighted by Crippen LogP contribution is 2.42. The van der Waals surface area contributed by atoms with Crippen molar-refractivity contribution in [1.29, 1.82) is 0 Å². The summed E-state index contributed by atoms with van der Waals surface area (Å²) in [5, 5.41) is 4.22. The van der Waals surface area contributed by atoms with E-state index < -0.39 is 0 Å². The first-order valence-corrected chi connectivity index (χ1v) is 4.79. The summed E-state index contributed by atoms with van der Waals surface area (Å²) in [5.74, 6) is 0.668. The monoisotopic (exact) mass is 230 g/mol. The Labute approximate surface area is 79.8 Å². The number of rotatable bonds is 3. The first-order valence-electron chi connectivity index (χ1n) is 4.00. The summed E-state index contributed by atoms with van der Waals surface area (Å²) >= 11 is 3.37. The molecule has 0 spiro atoms. The van der Waals surface area contributed by atoms with Gasteiger partial charge in [-0.15, -0.1) is 0 Å². The summed E-state index contributed by atoms with van der Waals surface area (Å²) in [7, 11) is 1.74. The highest BCUT2D eigenvalue weighted by Gasteiger charge is 2.39. The van der Waals surface area contributed by atoms with Crippen LogP contribution in [0.15, 0.2) is 16.9 Å². The summed E-state index contributed by atoms with van der Waals surface area (Å²) in [6, 6.07) is 0.566. The third kappa shape index (κ3) is 1.54. The van der Waals surface area contributed by atoms with Crippen LogP contribution in [0, 0.1) is 5.92 Å². The van der Waals surface area contributed by atoms with Crippen molar-refractivity contribution >= 4 is 15.9 Å². The molecule has 12 heavy (non-hydrogen) atoms. The average Bonchev–Trinajstić information content (AvgIpc) is 2.67. The first-order chi connectivity index (χ1) is 5.81. The Morgan fingerprint density at radius 2 is 2.67 bits per heavy atom. The maximum absolute atomic E-state index is 5.07. The van der Waals surface area contributed by atoms with Gasteiger partial charge in [0, 0.05) is 19.2 Å². The second-order valence-electron chi connectivity index (χ2n) is 3.16. The minimum Gasteiger partial charge on any atom is -0.384 e. The molecule has 1 aromatic heterocycles. The second kappa shape index (κ2) is 3.18. The molecule has 1 aliphatic rings. The van der Waals surface area contributed by atoms with Gasteiger partial charge in [-0.3, -0.25) is 4.68 Å². The van der Waals surface area contributed by atoms with Crippen LogP contribution in [0.2, 0.25) is 0 Å². The SMILES string of the molecule is COC[C@@H]1C[C@H]1n1cc(Br)cn1. The molecule has 0 amide bonds. The number of halogens is 1. The number of hydrogen-bond donors (Lipinski definition) is 0. The molecule has 2 atom stereocenters. The molecule has 0 bridgehead atoms. The van der Waals surface area contributed by atoms with Crippen LogP contribution in [0.25, 0.3) is 0 Å². The average molecular weight is 231 g/mol. The zero-order chi connectivity index (χ0) is 8.55. The molecule has 1 aromatic rings. The zero-order valence-electron chi connectivity index (χ0n) is 6.90. The maximum atomic E-state index is 5.07. The first kappa shape index (κ1) is 8.26. The molecule has 4 heteroatoms. The lowest BCUT2D eigenvalue weighted by Gasteiger charge is -1.98. The van der Waals surface area contributed by atoms with E-state index in [2.05, 4.69) is 21.0 Å². The van der Waals surface area contributed by atoms with Gasteiger partial charge >= 0.3 is 0 Å². The summed E-state index contributed by atoms with van der Waals surface area (Å²) in [4.78, 5) is 0. The summed E-state index contributed by atoms with van der Waals surface area (Å²) in [5.41, 5.74) is 0. The van der Waals surface area contributed by atoms with Crippen molar-refractivity contribution in [2.45, 2.75) is 12.5 Å². The Bertz CT molecular complexity index is 274. The Hall–Kier alpha value is -0.350. The molecular weight excluding hydrogens is 220 g/mol. The van der Waals surface area contributed by atoms with Crippen LogP contribution in [-0.4, -0.2) is 23.5 Å². The lowest BCUT2D eigenvalue weighted by molar-refractivity contribution is 0.180. The predicted octanol–water partition coefficient (Wildman–Crippen LogP) is 1.85. The highest BCUT2D eigenvalue weighted by atomic mass is 79.9. The molecule has 66 valence electrons. The standard InChI is InChI=1S/C8H11BrN2O/c1-12-5-6-2-8(6)11-4-7(9)3-10-11/h3-4,6,8H,2,5H2,1H3/t6-,8+/m0/s1. The molecule has 0 saturated heterocycles. The largest absolute Gasteiger partial charge is 0.384 e. The van der Waals surface area contributed by atoms with Crippen molar-refractivity contribution in [2.24, 2.45) is 5.92 Å². The van der Waals surface area contributed by atoms with Crippen LogP contribution in [0.1, 0.15) is 12.5 Å². The topological polar surface area (TPSA) is 27.1 Å². The van der Waals surface area contributed by atoms with Gasteiger partial charge in [0.1, 0.15) is 0 Å². The van der Waals surface area contributed by atoms with E-state index in [1.165, 1.54) is 6.42 Å². The van der Waals surface area contributed by atoms with Crippen molar-refractivity contribution in [3.05, 3.63) is 16.9 Å². The molecule has 3 nitrogen and oxygen atoms in total. The Morgan fingerprint density at radius 3 is 3.25 bits per heavy atom. The second-order valence-corrected chi connectivity index (χ2v) is 4.07. The molecule has 1 saturated carbocycles. The van der Waals surface area contributed by atoms with Crippen LogP contribution < -0.4 is 0 Å². The smallest absolute Gasteiger partial charge is 0.0632 e. The lowest BCUT2D eigenvalue weighted by atomic mass is 10.4. The van der Waals surface area contributed by atoms with E-state index in [0.29, 0.717) is 12.0 Å². The van der Waals surface area contributed by atoms with Crippen molar-refractivity contribution in [3.8, 4) is 0 Å². The normalized spacial score (nSPS) is 27.5. The number of hydrogen-bond acceptors (Lipinski definition) is 2. The molecule has 1 aliphatic carbocycles. The van der Waals surface area contributed by atoms with Gasteiger partial charge in [-0.05, 0) is 22.4 Å². The van der Waals surface area contributed by atoms with Crippen LogP contribution in [0.4, 0.5) is 0 Å². The molecule has 0 N–H and O–H groups in total. The Kier molecular flexibility index (Phi) is 2.19. The maximum Gasteiger partial charge on any atom is 0.0632 e. The van der Waals surface area contributed by atoms with E-state index in [1.807, 2.05) is 17.1 Å². The summed E-state index contributed by atoms with van der Waals surface area (Å²) in [6.45, 7) is 0.849. The lowest BCUT2D eigenvalue weighted by Crippen LogP contribution is -1.99. The van der Waals surface area contributed by atoms with Crippen molar-refractivity contribution in [1.82, 2.24) is 9.78 Å². The molecule has 0 radical (unpaired) electrons. The number of ether oxygens (including phenoxy) is 1. The minimum atomic E-state index is 0.566. The fourth-order valence-electron chi connectivity index (χ4n) is 1.45. The van der Waals surface area contributed by atoms with Crippen LogP contribution in [-0.2, 0) is 4.74 Å². The number of methoxy groups -OCH3 is 1. The van der Waals surface area contributed by atoms with E-state index in [-0.39, 0.29) is 0 Å². The van der Waals surface area contributed by atoms with Gasteiger partial charge in [0.05, 0.1) is 23.3 Å². The predicted molar refractivity (Wildman–Crippen MR) is 48.9 cm³/mol. The molecule has 0 unspecified atom stereocenters. The van der Waals surface area contributed by atoms with Crippen molar-refractivity contribution < 1.29 is 4.74 Å². The zero-order valence-corrected chi connectivity index (χ0v) is 8.49.